The van der Waals surface area contributed by atoms with E-state index in [1.807, 2.05) is 0 Å². The van der Waals surface area contributed by atoms with Gasteiger partial charge in [-0.3, -0.25) is 0 Å². The molecule has 0 saturated heterocycles. The van der Waals surface area contributed by atoms with Crippen molar-refractivity contribution < 1.29 is 23.1 Å². The number of carboxylic acids is 1. The van der Waals surface area contributed by atoms with E-state index in [9.17, 15) is 18.0 Å². The molecule has 0 spiro atoms. The summed E-state index contributed by atoms with van der Waals surface area (Å²) in [6, 6.07) is 3.82. The molecule has 1 rings (SSSR count). The number of carbonyl (C=O) groups excluding carboxylic acids is 1. The number of hydrogen-bond donors (Lipinski definition) is 4. The van der Waals surface area contributed by atoms with Gasteiger partial charge in [0.25, 0.3) is 0 Å². The molecule has 5 N–H and O–H groups in total. The summed E-state index contributed by atoms with van der Waals surface area (Å²) in [5.74, 6) is -1.31. The van der Waals surface area contributed by atoms with E-state index >= 15 is 0 Å². The molecule has 116 valence electrons. The summed E-state index contributed by atoms with van der Waals surface area (Å²) in [6.07, 6.45) is 0.195. The van der Waals surface area contributed by atoms with Gasteiger partial charge in [-0.25, -0.2) is 23.1 Å². The molecule has 0 atom stereocenters. The number of sulfonamides is 1. The average molecular weight is 315 g/mol. The summed E-state index contributed by atoms with van der Waals surface area (Å²) in [7, 11) is -3.54. The Morgan fingerprint density at radius 3 is 2.57 bits per heavy atom. The predicted molar refractivity (Wildman–Crippen MR) is 77.8 cm³/mol. The zero-order valence-electron chi connectivity index (χ0n) is 11.4. The van der Waals surface area contributed by atoms with Gasteiger partial charge in [0.05, 0.1) is 11.3 Å². The molecule has 0 aromatic heterocycles. The van der Waals surface area contributed by atoms with Crippen LogP contribution in [0.15, 0.2) is 18.2 Å². The smallest absolute Gasteiger partial charge is 0.335 e. The Morgan fingerprint density at radius 2 is 2.00 bits per heavy atom. The van der Waals surface area contributed by atoms with Gasteiger partial charge in [-0.1, -0.05) is 6.07 Å². The molecule has 9 heteroatoms. The Labute approximate surface area is 122 Å². The van der Waals surface area contributed by atoms with Gasteiger partial charge in [0.2, 0.25) is 10.0 Å². The lowest BCUT2D eigenvalue weighted by Crippen LogP contribution is -2.31. The van der Waals surface area contributed by atoms with E-state index in [0.717, 1.165) is 0 Å². The molecule has 0 heterocycles. The molecule has 0 unspecified atom stereocenters. The minimum Gasteiger partial charge on any atom is -0.478 e. The lowest BCUT2D eigenvalue weighted by Gasteiger charge is -2.10. The van der Waals surface area contributed by atoms with Gasteiger partial charge >= 0.3 is 12.0 Å². The molecule has 1 aromatic carbocycles. The van der Waals surface area contributed by atoms with E-state index < -0.39 is 22.0 Å². The van der Waals surface area contributed by atoms with Crippen LogP contribution in [0.25, 0.3) is 0 Å². The number of aryl methyl sites for hydroxylation is 1. The quantitative estimate of drug-likeness (QED) is 0.566. The predicted octanol–water partition coefficient (Wildman–Crippen LogP) is 0.493. The van der Waals surface area contributed by atoms with Crippen LogP contribution in [-0.4, -0.2) is 37.8 Å². The van der Waals surface area contributed by atoms with Crippen LogP contribution >= 0.6 is 0 Å². The molecule has 0 saturated carbocycles. The maximum atomic E-state index is 11.6. The Balaban J connectivity index is 2.55. The van der Waals surface area contributed by atoms with Gasteiger partial charge in [0.1, 0.15) is 0 Å². The van der Waals surface area contributed by atoms with Crippen molar-refractivity contribution in [3.63, 3.8) is 0 Å². The molecule has 8 nitrogen and oxygen atoms in total. The van der Waals surface area contributed by atoms with Crippen LogP contribution in [-0.2, 0) is 10.0 Å². The number of nitrogens with one attached hydrogen (secondary N) is 2. The van der Waals surface area contributed by atoms with Crippen LogP contribution in [0.5, 0.6) is 0 Å². The Bertz CT molecular complexity index is 642. The monoisotopic (exact) mass is 315 g/mol. The SMILES string of the molecule is Cc1ccc(C(=O)O)cc1NC(=O)NCCCS(N)(=O)=O. The highest BCUT2D eigenvalue weighted by molar-refractivity contribution is 7.89. The fourth-order valence-corrected chi connectivity index (χ4v) is 2.08. The van der Waals surface area contributed by atoms with Crippen molar-refractivity contribution in [2.24, 2.45) is 5.14 Å². The summed E-state index contributed by atoms with van der Waals surface area (Å²) in [4.78, 5) is 22.5. The summed E-state index contributed by atoms with van der Waals surface area (Å²) in [5, 5.41) is 18.7. The highest BCUT2D eigenvalue weighted by atomic mass is 32.2. The molecule has 2 amide bonds. The van der Waals surface area contributed by atoms with Crippen LogP contribution < -0.4 is 15.8 Å². The number of rotatable bonds is 6. The molecule has 0 aliphatic carbocycles. The van der Waals surface area contributed by atoms with Crippen LogP contribution in [0.3, 0.4) is 0 Å². The van der Waals surface area contributed by atoms with Crippen molar-refractivity contribution >= 4 is 27.7 Å². The highest BCUT2D eigenvalue weighted by Gasteiger charge is 2.09. The van der Waals surface area contributed by atoms with E-state index in [-0.39, 0.29) is 24.3 Å². The second-order valence-corrected chi connectivity index (χ2v) is 6.17. The van der Waals surface area contributed by atoms with Gasteiger partial charge in [0.15, 0.2) is 0 Å². The second kappa shape index (κ2) is 7.04. The molecule has 1 aromatic rings. The highest BCUT2D eigenvalue weighted by Crippen LogP contribution is 2.16. The molecule has 0 aliphatic heterocycles. The number of amides is 2. The van der Waals surface area contributed by atoms with Crippen LogP contribution in [0, 0.1) is 6.92 Å². The lowest BCUT2D eigenvalue weighted by atomic mass is 10.1. The Kier molecular flexibility index (Phi) is 5.68. The molecule has 0 fully saturated rings. The Morgan fingerprint density at radius 1 is 1.33 bits per heavy atom. The van der Waals surface area contributed by atoms with E-state index in [4.69, 9.17) is 10.2 Å². The zero-order valence-corrected chi connectivity index (χ0v) is 12.2. The zero-order chi connectivity index (χ0) is 16.0. The van der Waals surface area contributed by atoms with Crippen LogP contribution in [0.4, 0.5) is 10.5 Å². The Hall–Kier alpha value is -2.13. The molecule has 0 aliphatic rings. The maximum absolute atomic E-state index is 11.6. The van der Waals surface area contributed by atoms with E-state index in [2.05, 4.69) is 10.6 Å². The first kappa shape index (κ1) is 16.9. The van der Waals surface area contributed by atoms with Gasteiger partial charge in [-0.15, -0.1) is 0 Å². The summed E-state index contributed by atoms with van der Waals surface area (Å²) >= 11 is 0. The van der Waals surface area contributed by atoms with Crippen LogP contribution in [0.1, 0.15) is 22.3 Å². The minimum atomic E-state index is -3.54. The summed E-state index contributed by atoms with van der Waals surface area (Å²) in [6.45, 7) is 1.86. The van der Waals surface area contributed by atoms with Gasteiger partial charge in [-0.05, 0) is 31.0 Å². The van der Waals surface area contributed by atoms with Gasteiger partial charge in [-0.2, -0.15) is 0 Å². The summed E-state index contributed by atoms with van der Waals surface area (Å²) < 4.78 is 21.4. The largest absolute Gasteiger partial charge is 0.478 e. The molecule has 0 bridgehead atoms. The number of nitrogens with two attached hydrogens (primary N) is 1. The maximum Gasteiger partial charge on any atom is 0.335 e. The number of carboxylic acid groups (broad SMARTS) is 1. The molecular weight excluding hydrogens is 298 g/mol. The first-order chi connectivity index (χ1) is 9.69. The van der Waals surface area contributed by atoms with Gasteiger partial charge < -0.3 is 15.7 Å². The third-order valence-corrected chi connectivity index (χ3v) is 3.48. The van der Waals surface area contributed by atoms with E-state index in [1.165, 1.54) is 12.1 Å². The third kappa shape index (κ3) is 6.23. The van der Waals surface area contributed by atoms with Crippen molar-refractivity contribution in [3.05, 3.63) is 29.3 Å². The number of carbonyl (C=O) groups is 2. The normalized spacial score (nSPS) is 11.0. The van der Waals surface area contributed by atoms with Crippen molar-refractivity contribution in [2.45, 2.75) is 13.3 Å². The number of benzene rings is 1. The third-order valence-electron chi connectivity index (χ3n) is 2.62. The summed E-state index contributed by atoms with van der Waals surface area (Å²) in [5.41, 5.74) is 1.14. The van der Waals surface area contributed by atoms with Crippen LogP contribution in [0.2, 0.25) is 0 Å². The van der Waals surface area contributed by atoms with Crippen molar-refractivity contribution in [3.8, 4) is 0 Å². The second-order valence-electron chi connectivity index (χ2n) is 4.44. The van der Waals surface area contributed by atoms with Crippen molar-refractivity contribution in [1.29, 1.82) is 0 Å². The first-order valence-corrected chi connectivity index (χ1v) is 7.80. The number of primary sulfonamides is 1. The fraction of sp³-hybridized carbons (Fsp3) is 0.333. The van der Waals surface area contributed by atoms with E-state index in [1.54, 1.807) is 13.0 Å². The van der Waals surface area contributed by atoms with E-state index in [0.29, 0.717) is 11.3 Å². The number of urea groups is 1. The minimum absolute atomic E-state index is 0.0603. The first-order valence-electron chi connectivity index (χ1n) is 6.08. The van der Waals surface area contributed by atoms with Crippen molar-refractivity contribution in [1.82, 2.24) is 5.32 Å². The average Bonchev–Trinajstić information content (AvgIpc) is 2.36. The molecule has 0 radical (unpaired) electrons. The number of aromatic carboxylic acids is 1. The number of hydrogen-bond acceptors (Lipinski definition) is 4. The molecular formula is C12H17N3O5S. The fourth-order valence-electron chi connectivity index (χ4n) is 1.53. The van der Waals surface area contributed by atoms with Crippen molar-refractivity contribution in [2.75, 3.05) is 17.6 Å². The standard InChI is InChI=1S/C12H17N3O5S/c1-8-3-4-9(11(16)17)7-10(8)15-12(18)14-5-2-6-21(13,19)20/h3-4,7H,2,5-6H2,1H3,(H,16,17)(H2,13,19,20)(H2,14,15,18). The topological polar surface area (TPSA) is 139 Å². The molecule has 21 heavy (non-hydrogen) atoms. The van der Waals surface area contributed by atoms with Gasteiger partial charge in [0, 0.05) is 12.2 Å². The lowest BCUT2D eigenvalue weighted by molar-refractivity contribution is 0.0697. The number of anilines is 1.